The van der Waals surface area contributed by atoms with Crippen molar-refractivity contribution in [3.63, 3.8) is 0 Å². The van der Waals surface area contributed by atoms with Gasteiger partial charge in [-0.3, -0.25) is 10.1 Å². The standard InChI is InChI=1S/C16H16FN3O4/c1-2-23-15-12(7-8-20-9-13(21)18-16(20)22)14(24-19-15)10-3-5-11(17)6-4-10/h3-6H,2,7-9H2,1H3,(H,18,21,22). The monoisotopic (exact) mass is 333 g/mol. The molecule has 0 saturated carbocycles. The van der Waals surface area contributed by atoms with Gasteiger partial charge in [0.15, 0.2) is 5.76 Å². The second kappa shape index (κ2) is 6.69. The Bertz CT molecular complexity index is 757. The molecular weight excluding hydrogens is 317 g/mol. The van der Waals surface area contributed by atoms with Crippen molar-refractivity contribution in [2.24, 2.45) is 0 Å². The molecule has 7 nitrogen and oxygen atoms in total. The Morgan fingerprint density at radius 3 is 2.71 bits per heavy atom. The van der Waals surface area contributed by atoms with Gasteiger partial charge in [-0.2, -0.15) is 0 Å². The first-order chi connectivity index (χ1) is 11.6. The molecule has 1 saturated heterocycles. The van der Waals surface area contributed by atoms with Gasteiger partial charge in [-0.1, -0.05) is 0 Å². The fourth-order valence-electron chi connectivity index (χ4n) is 2.50. The van der Waals surface area contributed by atoms with Crippen molar-refractivity contribution in [1.29, 1.82) is 0 Å². The lowest BCUT2D eigenvalue weighted by Crippen LogP contribution is -2.30. The molecule has 3 amide bonds. The van der Waals surface area contributed by atoms with Gasteiger partial charge < -0.3 is 14.2 Å². The van der Waals surface area contributed by atoms with E-state index in [1.807, 2.05) is 6.92 Å². The number of aromatic nitrogens is 1. The van der Waals surface area contributed by atoms with Crippen LogP contribution in [0.15, 0.2) is 28.8 Å². The molecule has 1 aliphatic heterocycles. The summed E-state index contributed by atoms with van der Waals surface area (Å²) in [5.41, 5.74) is 1.34. The molecule has 0 aliphatic carbocycles. The van der Waals surface area contributed by atoms with E-state index in [1.54, 1.807) is 12.1 Å². The van der Waals surface area contributed by atoms with Crippen LogP contribution < -0.4 is 10.1 Å². The van der Waals surface area contributed by atoms with Gasteiger partial charge >= 0.3 is 6.03 Å². The van der Waals surface area contributed by atoms with Crippen molar-refractivity contribution >= 4 is 11.9 Å². The fourth-order valence-corrected chi connectivity index (χ4v) is 2.50. The van der Waals surface area contributed by atoms with E-state index in [0.29, 0.717) is 42.3 Å². The average Bonchev–Trinajstić information content (AvgIpc) is 3.09. The van der Waals surface area contributed by atoms with Crippen LogP contribution in [-0.2, 0) is 11.2 Å². The van der Waals surface area contributed by atoms with Crippen LogP contribution in [0, 0.1) is 5.82 Å². The third-order valence-corrected chi connectivity index (χ3v) is 3.64. The van der Waals surface area contributed by atoms with E-state index in [-0.39, 0.29) is 18.3 Å². The summed E-state index contributed by atoms with van der Waals surface area (Å²) in [6, 6.07) is 5.41. The highest BCUT2D eigenvalue weighted by Gasteiger charge is 2.28. The molecule has 1 fully saturated rings. The number of nitrogens with zero attached hydrogens (tertiary/aromatic N) is 2. The Labute approximate surface area is 137 Å². The lowest BCUT2D eigenvalue weighted by Gasteiger charge is -2.13. The van der Waals surface area contributed by atoms with Crippen molar-refractivity contribution in [2.75, 3.05) is 19.7 Å². The Kier molecular flexibility index (Phi) is 4.45. The van der Waals surface area contributed by atoms with Gasteiger partial charge in [-0.05, 0) is 42.8 Å². The predicted octanol–water partition coefficient (Wildman–Crippen LogP) is 1.97. The first-order valence-electron chi connectivity index (χ1n) is 7.54. The minimum absolute atomic E-state index is 0.0277. The summed E-state index contributed by atoms with van der Waals surface area (Å²) in [6.45, 7) is 2.57. The van der Waals surface area contributed by atoms with Gasteiger partial charge in [-0.15, -0.1) is 0 Å². The number of hydrogen-bond donors (Lipinski definition) is 1. The number of imide groups is 1. The first kappa shape index (κ1) is 16.0. The molecule has 1 aromatic carbocycles. The SMILES string of the molecule is CCOc1noc(-c2ccc(F)cc2)c1CCN1CC(=O)NC1=O. The lowest BCUT2D eigenvalue weighted by atomic mass is 10.1. The number of urea groups is 1. The van der Waals surface area contributed by atoms with E-state index >= 15 is 0 Å². The summed E-state index contributed by atoms with van der Waals surface area (Å²) in [5, 5.41) is 6.13. The van der Waals surface area contributed by atoms with E-state index in [9.17, 15) is 14.0 Å². The summed E-state index contributed by atoms with van der Waals surface area (Å²) >= 11 is 0. The summed E-state index contributed by atoms with van der Waals surface area (Å²) < 4.78 is 23.9. The summed E-state index contributed by atoms with van der Waals surface area (Å²) in [4.78, 5) is 24.3. The van der Waals surface area contributed by atoms with Gasteiger partial charge in [0.1, 0.15) is 12.4 Å². The van der Waals surface area contributed by atoms with E-state index in [2.05, 4.69) is 10.5 Å². The van der Waals surface area contributed by atoms with Crippen molar-refractivity contribution in [2.45, 2.75) is 13.3 Å². The molecule has 126 valence electrons. The highest BCUT2D eigenvalue weighted by atomic mass is 19.1. The quantitative estimate of drug-likeness (QED) is 0.817. The van der Waals surface area contributed by atoms with Crippen molar-refractivity contribution in [1.82, 2.24) is 15.4 Å². The van der Waals surface area contributed by atoms with Gasteiger partial charge in [0.25, 0.3) is 5.88 Å². The molecule has 0 unspecified atom stereocenters. The lowest BCUT2D eigenvalue weighted by molar-refractivity contribution is -0.118. The number of nitrogens with one attached hydrogen (secondary N) is 1. The highest BCUT2D eigenvalue weighted by molar-refractivity contribution is 6.01. The molecule has 0 atom stereocenters. The first-order valence-corrected chi connectivity index (χ1v) is 7.54. The third kappa shape index (κ3) is 3.22. The van der Waals surface area contributed by atoms with Crippen LogP contribution in [0.3, 0.4) is 0 Å². The molecule has 0 radical (unpaired) electrons. The number of benzene rings is 1. The zero-order valence-electron chi connectivity index (χ0n) is 13.0. The number of amides is 3. The Hall–Kier alpha value is -2.90. The van der Waals surface area contributed by atoms with Gasteiger partial charge in [0, 0.05) is 12.1 Å². The zero-order chi connectivity index (χ0) is 17.1. The van der Waals surface area contributed by atoms with Gasteiger partial charge in [-0.25, -0.2) is 9.18 Å². The summed E-state index contributed by atoms with van der Waals surface area (Å²) in [6.07, 6.45) is 0.395. The molecule has 1 aromatic heterocycles. The second-order valence-corrected chi connectivity index (χ2v) is 5.26. The third-order valence-electron chi connectivity index (χ3n) is 3.64. The van der Waals surface area contributed by atoms with Gasteiger partial charge in [0.2, 0.25) is 5.91 Å². The molecular formula is C16H16FN3O4. The van der Waals surface area contributed by atoms with E-state index in [1.165, 1.54) is 17.0 Å². The molecule has 2 aromatic rings. The number of hydrogen-bond acceptors (Lipinski definition) is 5. The number of halogens is 1. The molecule has 2 heterocycles. The average molecular weight is 333 g/mol. The summed E-state index contributed by atoms with van der Waals surface area (Å²) in [7, 11) is 0. The number of carbonyl (C=O) groups excluding carboxylic acids is 2. The van der Waals surface area contributed by atoms with Crippen LogP contribution in [0.25, 0.3) is 11.3 Å². The van der Waals surface area contributed by atoms with Gasteiger partial charge in [0.05, 0.1) is 12.2 Å². The molecule has 0 spiro atoms. The Balaban J connectivity index is 1.84. The second-order valence-electron chi connectivity index (χ2n) is 5.26. The predicted molar refractivity (Wildman–Crippen MR) is 81.9 cm³/mol. The summed E-state index contributed by atoms with van der Waals surface area (Å²) in [5.74, 6) is 0.123. The number of carbonyl (C=O) groups is 2. The number of rotatable bonds is 6. The molecule has 1 N–H and O–H groups in total. The molecule has 0 bridgehead atoms. The zero-order valence-corrected chi connectivity index (χ0v) is 13.0. The van der Waals surface area contributed by atoms with Crippen molar-refractivity contribution in [3.8, 4) is 17.2 Å². The maximum atomic E-state index is 13.1. The maximum Gasteiger partial charge on any atom is 0.324 e. The minimum Gasteiger partial charge on any atom is -0.476 e. The fraction of sp³-hybridized carbons (Fsp3) is 0.312. The normalized spacial score (nSPS) is 14.2. The molecule has 8 heteroatoms. The topological polar surface area (TPSA) is 84.7 Å². The van der Waals surface area contributed by atoms with Crippen molar-refractivity contribution < 1.29 is 23.2 Å². The smallest absolute Gasteiger partial charge is 0.324 e. The Morgan fingerprint density at radius 2 is 2.08 bits per heavy atom. The highest BCUT2D eigenvalue weighted by Crippen LogP contribution is 2.31. The van der Waals surface area contributed by atoms with Crippen LogP contribution in [0.2, 0.25) is 0 Å². The van der Waals surface area contributed by atoms with Crippen LogP contribution in [-0.4, -0.2) is 41.7 Å². The molecule has 3 rings (SSSR count). The van der Waals surface area contributed by atoms with E-state index < -0.39 is 6.03 Å². The van der Waals surface area contributed by atoms with E-state index in [4.69, 9.17) is 9.26 Å². The Morgan fingerprint density at radius 1 is 1.33 bits per heavy atom. The number of ether oxygens (including phenoxy) is 1. The maximum absolute atomic E-state index is 13.1. The van der Waals surface area contributed by atoms with Crippen LogP contribution >= 0.6 is 0 Å². The van der Waals surface area contributed by atoms with E-state index in [0.717, 1.165) is 0 Å². The molecule has 1 aliphatic rings. The van der Waals surface area contributed by atoms with Crippen molar-refractivity contribution in [3.05, 3.63) is 35.6 Å². The van der Waals surface area contributed by atoms with Crippen LogP contribution in [0.5, 0.6) is 5.88 Å². The van der Waals surface area contributed by atoms with Crippen LogP contribution in [0.4, 0.5) is 9.18 Å². The largest absolute Gasteiger partial charge is 0.476 e. The minimum atomic E-state index is -0.419. The van der Waals surface area contributed by atoms with Crippen LogP contribution in [0.1, 0.15) is 12.5 Å². The molecule has 24 heavy (non-hydrogen) atoms.